The largest absolute Gasteiger partial charge is 0.465 e. The van der Waals surface area contributed by atoms with Crippen molar-refractivity contribution in [3.8, 4) is 0 Å². The molecule has 1 heterocycles. The van der Waals surface area contributed by atoms with Gasteiger partial charge in [-0.05, 0) is 43.2 Å². The summed E-state index contributed by atoms with van der Waals surface area (Å²) in [5.41, 5.74) is 3.94. The molecule has 26 heavy (non-hydrogen) atoms. The van der Waals surface area contributed by atoms with Gasteiger partial charge in [-0.25, -0.2) is 9.59 Å². The van der Waals surface area contributed by atoms with Crippen LogP contribution in [0.1, 0.15) is 37.5 Å². The number of rotatable bonds is 4. The molecule has 3 aromatic rings. The summed E-state index contributed by atoms with van der Waals surface area (Å²) >= 11 is 0. The number of methoxy groups -OCH3 is 1. The second kappa shape index (κ2) is 7.35. The van der Waals surface area contributed by atoms with Crippen molar-refractivity contribution in [2.24, 2.45) is 0 Å². The van der Waals surface area contributed by atoms with E-state index in [1.807, 2.05) is 31.2 Å². The number of pyridine rings is 1. The van der Waals surface area contributed by atoms with Crippen molar-refractivity contribution in [3.63, 3.8) is 0 Å². The molecule has 0 fully saturated rings. The Morgan fingerprint density at radius 2 is 1.77 bits per heavy atom. The lowest BCUT2D eigenvalue weighted by molar-refractivity contribution is 0.0470. The molecular weight excluding hydrogens is 330 g/mol. The first-order chi connectivity index (χ1) is 12.5. The van der Waals surface area contributed by atoms with Gasteiger partial charge in [0.2, 0.25) is 0 Å². The Balaban J connectivity index is 1.83. The van der Waals surface area contributed by atoms with Gasteiger partial charge in [0.05, 0.1) is 29.4 Å². The van der Waals surface area contributed by atoms with Gasteiger partial charge in [0.1, 0.15) is 6.61 Å². The zero-order valence-electron chi connectivity index (χ0n) is 14.9. The summed E-state index contributed by atoms with van der Waals surface area (Å²) in [5.74, 6) is -0.856. The van der Waals surface area contributed by atoms with E-state index in [1.165, 1.54) is 7.11 Å². The fourth-order valence-electron chi connectivity index (χ4n) is 2.96. The topological polar surface area (TPSA) is 65.5 Å². The number of carbonyl (C=O) groups is 2. The van der Waals surface area contributed by atoms with Gasteiger partial charge in [-0.1, -0.05) is 30.3 Å². The van der Waals surface area contributed by atoms with Gasteiger partial charge >= 0.3 is 11.9 Å². The molecule has 0 N–H and O–H groups in total. The third kappa shape index (κ3) is 3.42. The van der Waals surface area contributed by atoms with E-state index in [0.29, 0.717) is 22.4 Å². The molecule has 0 atom stereocenters. The molecule has 0 amide bonds. The zero-order chi connectivity index (χ0) is 18.7. The predicted molar refractivity (Wildman–Crippen MR) is 98.1 cm³/mol. The van der Waals surface area contributed by atoms with Crippen LogP contribution in [-0.2, 0) is 16.1 Å². The molecule has 0 aliphatic rings. The lowest BCUT2D eigenvalue weighted by atomic mass is 10.0. The van der Waals surface area contributed by atoms with Crippen LogP contribution in [0.25, 0.3) is 10.9 Å². The van der Waals surface area contributed by atoms with E-state index in [0.717, 1.165) is 16.5 Å². The third-order valence-electron chi connectivity index (χ3n) is 4.26. The highest BCUT2D eigenvalue weighted by Crippen LogP contribution is 2.23. The van der Waals surface area contributed by atoms with Gasteiger partial charge in [0.15, 0.2) is 0 Å². The van der Waals surface area contributed by atoms with E-state index in [9.17, 15) is 9.59 Å². The number of aryl methyl sites for hydroxylation is 2. The van der Waals surface area contributed by atoms with E-state index >= 15 is 0 Å². The van der Waals surface area contributed by atoms with Crippen LogP contribution in [0.5, 0.6) is 0 Å². The summed E-state index contributed by atoms with van der Waals surface area (Å²) in [6.07, 6.45) is 0. The van der Waals surface area contributed by atoms with Crippen molar-refractivity contribution in [1.82, 2.24) is 4.98 Å². The van der Waals surface area contributed by atoms with E-state index in [-0.39, 0.29) is 6.61 Å². The molecule has 5 nitrogen and oxygen atoms in total. The molecule has 0 radical (unpaired) electrons. The number of hydrogen-bond acceptors (Lipinski definition) is 5. The van der Waals surface area contributed by atoms with Crippen LogP contribution >= 0.6 is 0 Å². The van der Waals surface area contributed by atoms with Gasteiger partial charge in [-0.3, -0.25) is 4.98 Å². The molecule has 0 spiro atoms. The molecule has 2 aromatic carbocycles. The summed E-state index contributed by atoms with van der Waals surface area (Å²) < 4.78 is 10.2. The van der Waals surface area contributed by atoms with Gasteiger partial charge in [-0.2, -0.15) is 0 Å². The van der Waals surface area contributed by atoms with Crippen LogP contribution in [0.3, 0.4) is 0 Å². The first-order valence-corrected chi connectivity index (χ1v) is 8.21. The maximum Gasteiger partial charge on any atom is 0.340 e. The minimum atomic E-state index is -0.429. The highest BCUT2D eigenvalue weighted by molar-refractivity contribution is 5.98. The molecule has 0 saturated heterocycles. The number of esters is 2. The maximum absolute atomic E-state index is 12.6. The third-order valence-corrected chi connectivity index (χ3v) is 4.26. The van der Waals surface area contributed by atoms with E-state index < -0.39 is 11.9 Å². The number of benzene rings is 2. The SMILES string of the molecule is COC(=O)c1cccc(COC(=O)c2c(C)nc3ccccc3c2C)c1. The first kappa shape index (κ1) is 17.6. The Hall–Kier alpha value is -3.21. The van der Waals surface area contributed by atoms with E-state index in [1.54, 1.807) is 31.2 Å². The van der Waals surface area contributed by atoms with Crippen LogP contribution in [0.4, 0.5) is 0 Å². The number of fused-ring (bicyclic) bond motifs is 1. The van der Waals surface area contributed by atoms with Crippen molar-refractivity contribution < 1.29 is 19.1 Å². The Labute approximate surface area is 151 Å². The van der Waals surface area contributed by atoms with Crippen LogP contribution in [0.2, 0.25) is 0 Å². The quantitative estimate of drug-likeness (QED) is 0.666. The Kier molecular flexibility index (Phi) is 4.98. The molecular formula is C21H19NO4. The molecule has 0 saturated carbocycles. The second-order valence-corrected chi connectivity index (χ2v) is 5.98. The lowest BCUT2D eigenvalue weighted by Gasteiger charge is -2.12. The van der Waals surface area contributed by atoms with Gasteiger partial charge in [0, 0.05) is 5.39 Å². The van der Waals surface area contributed by atoms with Crippen molar-refractivity contribution in [2.45, 2.75) is 20.5 Å². The normalized spacial score (nSPS) is 10.6. The van der Waals surface area contributed by atoms with Crippen LogP contribution in [0, 0.1) is 13.8 Å². The lowest BCUT2D eigenvalue weighted by Crippen LogP contribution is -2.11. The van der Waals surface area contributed by atoms with Crippen molar-refractivity contribution in [2.75, 3.05) is 7.11 Å². The second-order valence-electron chi connectivity index (χ2n) is 5.98. The van der Waals surface area contributed by atoms with Gasteiger partial charge < -0.3 is 9.47 Å². The summed E-state index contributed by atoms with van der Waals surface area (Å²) in [6, 6.07) is 14.5. The predicted octanol–water partition coefficient (Wildman–Crippen LogP) is 4.00. The van der Waals surface area contributed by atoms with E-state index in [4.69, 9.17) is 9.47 Å². The fourth-order valence-corrected chi connectivity index (χ4v) is 2.96. The number of hydrogen-bond donors (Lipinski definition) is 0. The van der Waals surface area contributed by atoms with Crippen molar-refractivity contribution in [1.29, 1.82) is 0 Å². The Morgan fingerprint density at radius 1 is 1.00 bits per heavy atom. The van der Waals surface area contributed by atoms with E-state index in [2.05, 4.69) is 4.98 Å². The Bertz CT molecular complexity index is 994. The first-order valence-electron chi connectivity index (χ1n) is 8.21. The van der Waals surface area contributed by atoms with Crippen LogP contribution < -0.4 is 0 Å². The summed E-state index contributed by atoms with van der Waals surface area (Å²) in [6.45, 7) is 3.76. The van der Waals surface area contributed by atoms with Crippen LogP contribution in [-0.4, -0.2) is 24.0 Å². The molecule has 132 valence electrons. The highest BCUT2D eigenvalue weighted by Gasteiger charge is 2.18. The molecule has 0 bridgehead atoms. The molecule has 0 aliphatic heterocycles. The Morgan fingerprint density at radius 3 is 2.54 bits per heavy atom. The van der Waals surface area contributed by atoms with Crippen molar-refractivity contribution in [3.05, 3.63) is 76.5 Å². The summed E-state index contributed by atoms with van der Waals surface area (Å²) in [7, 11) is 1.33. The average Bonchev–Trinajstić information content (AvgIpc) is 2.66. The van der Waals surface area contributed by atoms with Gasteiger partial charge in [-0.15, -0.1) is 0 Å². The molecule has 3 rings (SSSR count). The van der Waals surface area contributed by atoms with Crippen LogP contribution in [0.15, 0.2) is 48.5 Å². The monoisotopic (exact) mass is 349 g/mol. The number of nitrogens with zero attached hydrogens (tertiary/aromatic N) is 1. The zero-order valence-corrected chi connectivity index (χ0v) is 14.9. The standard InChI is InChI=1S/C21H19NO4/c1-13-17-9-4-5-10-18(17)22-14(2)19(13)21(24)26-12-15-7-6-8-16(11-15)20(23)25-3/h4-11H,12H2,1-3H3. The summed E-state index contributed by atoms with van der Waals surface area (Å²) in [5, 5.41) is 0.928. The number of ether oxygens (including phenoxy) is 2. The molecule has 0 aliphatic carbocycles. The number of para-hydroxylation sites is 1. The smallest absolute Gasteiger partial charge is 0.340 e. The average molecular weight is 349 g/mol. The number of carbonyl (C=O) groups excluding carboxylic acids is 2. The number of aromatic nitrogens is 1. The molecule has 0 unspecified atom stereocenters. The molecule has 1 aromatic heterocycles. The minimum absolute atomic E-state index is 0.0649. The fraction of sp³-hybridized carbons (Fsp3) is 0.190. The highest BCUT2D eigenvalue weighted by atomic mass is 16.5. The van der Waals surface area contributed by atoms with Gasteiger partial charge in [0.25, 0.3) is 0 Å². The maximum atomic E-state index is 12.6. The molecule has 5 heteroatoms. The summed E-state index contributed by atoms with van der Waals surface area (Å²) in [4.78, 5) is 28.7. The minimum Gasteiger partial charge on any atom is -0.465 e. The van der Waals surface area contributed by atoms with Crippen molar-refractivity contribution >= 4 is 22.8 Å².